The summed E-state index contributed by atoms with van der Waals surface area (Å²) >= 11 is 8.43. The van der Waals surface area contributed by atoms with E-state index in [0.29, 0.717) is 0 Å². The highest BCUT2D eigenvalue weighted by Gasteiger charge is 2.52. The largest absolute Gasteiger partial charge is 0.292 e. The van der Waals surface area contributed by atoms with Crippen LogP contribution in [-0.2, 0) is 5.41 Å². The number of ketones is 1. The van der Waals surface area contributed by atoms with E-state index in [-0.39, 0.29) is 11.2 Å². The summed E-state index contributed by atoms with van der Waals surface area (Å²) < 4.78 is 1.85. The van der Waals surface area contributed by atoms with Gasteiger partial charge in [-0.15, -0.1) is 11.3 Å². The highest BCUT2D eigenvalue weighted by atomic mass is 79.9. The summed E-state index contributed by atoms with van der Waals surface area (Å²) in [5.41, 5.74) is 0.875. The van der Waals surface area contributed by atoms with Crippen molar-refractivity contribution in [3.05, 3.63) is 55.1 Å². The van der Waals surface area contributed by atoms with Crippen LogP contribution in [0.3, 0.4) is 0 Å². The molecule has 0 saturated heterocycles. The van der Waals surface area contributed by atoms with Gasteiger partial charge >= 0.3 is 0 Å². The second-order valence-corrected chi connectivity index (χ2v) is 7.03. The molecule has 1 fully saturated rings. The lowest BCUT2D eigenvalue weighted by atomic mass is 9.90. The fourth-order valence-electron chi connectivity index (χ4n) is 2.22. The third kappa shape index (κ3) is 1.91. The Kier molecular flexibility index (Phi) is 3.20. The first kappa shape index (κ1) is 12.6. The van der Waals surface area contributed by atoms with Gasteiger partial charge in [0.2, 0.25) is 0 Å². The van der Waals surface area contributed by atoms with Gasteiger partial charge < -0.3 is 0 Å². The van der Waals surface area contributed by atoms with Crippen LogP contribution in [0.5, 0.6) is 0 Å². The third-order valence-electron chi connectivity index (χ3n) is 3.41. The zero-order valence-electron chi connectivity index (χ0n) is 9.45. The summed E-state index contributed by atoms with van der Waals surface area (Å²) in [6, 6.07) is 10.1. The molecule has 0 aliphatic heterocycles. The first-order valence-electron chi connectivity index (χ1n) is 5.68. The van der Waals surface area contributed by atoms with Crippen LogP contribution in [0.25, 0.3) is 0 Å². The summed E-state index contributed by atoms with van der Waals surface area (Å²) in [4.78, 5) is 13.5. The Balaban J connectivity index is 2.01. The number of benzene rings is 1. The number of carbonyl (C=O) groups excluding carboxylic acids is 1. The molecule has 1 aliphatic carbocycles. The molecule has 1 nitrogen and oxygen atoms in total. The van der Waals surface area contributed by atoms with Crippen LogP contribution in [0.1, 0.15) is 28.1 Å². The fraction of sp³-hybridized carbons (Fsp3) is 0.214. The molecule has 1 aromatic carbocycles. The van der Waals surface area contributed by atoms with E-state index in [4.69, 9.17) is 0 Å². The van der Waals surface area contributed by atoms with Crippen LogP contribution >= 0.6 is 43.2 Å². The first-order valence-corrected chi connectivity index (χ1v) is 8.14. The minimum absolute atomic E-state index is 0.247. The zero-order valence-corrected chi connectivity index (χ0v) is 13.4. The van der Waals surface area contributed by atoms with Gasteiger partial charge in [-0.1, -0.05) is 30.3 Å². The quantitative estimate of drug-likeness (QED) is 0.664. The molecule has 0 radical (unpaired) electrons. The standard InChI is InChI=1S/C14H10Br2OS/c15-10-8-18-12(11(10)16)13(17)14(6-7-14)9-4-2-1-3-5-9/h1-5,8H,6-7H2. The van der Waals surface area contributed by atoms with Gasteiger partial charge in [0.15, 0.2) is 5.78 Å². The minimum atomic E-state index is -0.270. The predicted octanol–water partition coefficient (Wildman–Crippen LogP) is 5.19. The lowest BCUT2D eigenvalue weighted by Crippen LogP contribution is -2.19. The second-order valence-electron chi connectivity index (χ2n) is 4.50. The van der Waals surface area contributed by atoms with E-state index in [0.717, 1.165) is 32.2 Å². The Hall–Kier alpha value is -0.450. The van der Waals surface area contributed by atoms with Crippen molar-refractivity contribution < 1.29 is 4.79 Å². The summed E-state index contributed by atoms with van der Waals surface area (Å²) in [5, 5.41) is 1.96. The molecule has 1 heterocycles. The molecular formula is C14H10Br2OS. The van der Waals surface area contributed by atoms with Crippen molar-refractivity contribution >= 4 is 49.0 Å². The van der Waals surface area contributed by atoms with E-state index in [1.54, 1.807) is 0 Å². The maximum Gasteiger partial charge on any atom is 0.184 e. The lowest BCUT2D eigenvalue weighted by molar-refractivity contribution is 0.0949. The molecule has 1 aromatic heterocycles. The van der Waals surface area contributed by atoms with Crippen molar-refractivity contribution in [3.63, 3.8) is 0 Å². The highest BCUT2D eigenvalue weighted by Crippen LogP contribution is 2.52. The number of carbonyl (C=O) groups is 1. The Morgan fingerprint density at radius 3 is 2.33 bits per heavy atom. The van der Waals surface area contributed by atoms with Gasteiger partial charge in [0.05, 0.1) is 14.8 Å². The molecule has 0 unspecified atom stereocenters. The van der Waals surface area contributed by atoms with Crippen LogP contribution in [-0.4, -0.2) is 5.78 Å². The number of halogens is 2. The summed E-state index contributed by atoms with van der Waals surface area (Å²) in [6.45, 7) is 0. The molecule has 0 N–H and O–H groups in total. The molecule has 1 aliphatic rings. The monoisotopic (exact) mass is 384 g/mol. The van der Waals surface area contributed by atoms with E-state index in [9.17, 15) is 4.79 Å². The number of Topliss-reactive ketones (excluding diaryl/α,β-unsaturated/α-hetero) is 1. The molecule has 0 amide bonds. The maximum atomic E-state index is 12.7. The Morgan fingerprint density at radius 2 is 1.83 bits per heavy atom. The third-order valence-corrected chi connectivity index (χ3v) is 6.93. The highest BCUT2D eigenvalue weighted by molar-refractivity contribution is 9.13. The van der Waals surface area contributed by atoms with E-state index >= 15 is 0 Å². The van der Waals surface area contributed by atoms with Crippen molar-refractivity contribution in [2.75, 3.05) is 0 Å². The summed E-state index contributed by atoms with van der Waals surface area (Å²) in [7, 11) is 0. The van der Waals surface area contributed by atoms with Gasteiger partial charge in [0, 0.05) is 9.85 Å². The molecule has 4 heteroatoms. The predicted molar refractivity (Wildman–Crippen MR) is 81.4 cm³/mol. The van der Waals surface area contributed by atoms with Crippen LogP contribution in [0.4, 0.5) is 0 Å². The van der Waals surface area contributed by atoms with Crippen molar-refractivity contribution in [3.8, 4) is 0 Å². The van der Waals surface area contributed by atoms with Gasteiger partial charge in [-0.25, -0.2) is 0 Å². The molecular weight excluding hydrogens is 376 g/mol. The second kappa shape index (κ2) is 4.58. The lowest BCUT2D eigenvalue weighted by Gasteiger charge is -2.13. The van der Waals surface area contributed by atoms with Gasteiger partial charge in [0.25, 0.3) is 0 Å². The minimum Gasteiger partial charge on any atom is -0.292 e. The molecule has 1 saturated carbocycles. The fourth-order valence-corrected chi connectivity index (χ4v) is 4.41. The Bertz CT molecular complexity index is 600. The van der Waals surface area contributed by atoms with Crippen LogP contribution in [0, 0.1) is 0 Å². The molecule has 0 bridgehead atoms. The Morgan fingerprint density at radius 1 is 1.17 bits per heavy atom. The number of hydrogen-bond donors (Lipinski definition) is 0. The average molecular weight is 386 g/mol. The van der Waals surface area contributed by atoms with Crippen LogP contribution in [0.2, 0.25) is 0 Å². The van der Waals surface area contributed by atoms with Gasteiger partial charge in [-0.05, 0) is 50.3 Å². The smallest absolute Gasteiger partial charge is 0.184 e. The van der Waals surface area contributed by atoms with E-state index in [1.165, 1.54) is 11.3 Å². The van der Waals surface area contributed by atoms with Crippen LogP contribution in [0.15, 0.2) is 44.7 Å². The molecule has 0 atom stereocenters. The SMILES string of the molecule is O=C(c1scc(Br)c1Br)C1(c2ccccc2)CC1. The molecule has 92 valence electrons. The maximum absolute atomic E-state index is 12.7. The van der Waals surface area contributed by atoms with E-state index in [1.807, 2.05) is 23.6 Å². The topological polar surface area (TPSA) is 17.1 Å². The zero-order chi connectivity index (χ0) is 12.8. The average Bonchev–Trinajstić information content (AvgIpc) is 3.14. The normalized spacial score (nSPS) is 16.6. The van der Waals surface area contributed by atoms with Gasteiger partial charge in [-0.2, -0.15) is 0 Å². The summed E-state index contributed by atoms with van der Waals surface area (Å²) in [5.74, 6) is 0.247. The van der Waals surface area contributed by atoms with Crippen molar-refractivity contribution in [1.29, 1.82) is 0 Å². The van der Waals surface area contributed by atoms with E-state index < -0.39 is 0 Å². The first-order chi connectivity index (χ1) is 8.65. The van der Waals surface area contributed by atoms with Crippen molar-refractivity contribution in [2.24, 2.45) is 0 Å². The molecule has 18 heavy (non-hydrogen) atoms. The molecule has 3 rings (SSSR count). The summed E-state index contributed by atoms with van der Waals surface area (Å²) in [6.07, 6.45) is 1.91. The number of rotatable bonds is 3. The Labute approximate surface area is 126 Å². The molecule has 2 aromatic rings. The molecule has 0 spiro atoms. The number of hydrogen-bond acceptors (Lipinski definition) is 2. The number of thiophene rings is 1. The van der Waals surface area contributed by atoms with Gasteiger partial charge in [-0.3, -0.25) is 4.79 Å². The van der Waals surface area contributed by atoms with Crippen molar-refractivity contribution in [1.82, 2.24) is 0 Å². The van der Waals surface area contributed by atoms with E-state index in [2.05, 4.69) is 44.0 Å². The van der Waals surface area contributed by atoms with Crippen LogP contribution < -0.4 is 0 Å². The van der Waals surface area contributed by atoms with Crippen molar-refractivity contribution in [2.45, 2.75) is 18.3 Å². The van der Waals surface area contributed by atoms with Gasteiger partial charge in [0.1, 0.15) is 0 Å².